The lowest BCUT2D eigenvalue weighted by Gasteiger charge is -2.22. The highest BCUT2D eigenvalue weighted by molar-refractivity contribution is 7.64. The Morgan fingerprint density at radius 3 is 2.31 bits per heavy atom. The maximum absolute atomic E-state index is 5.88. The van der Waals surface area contributed by atoms with Gasteiger partial charge in [-0.2, -0.15) is 0 Å². The van der Waals surface area contributed by atoms with Crippen molar-refractivity contribution in [3.8, 4) is 0 Å². The van der Waals surface area contributed by atoms with Gasteiger partial charge in [0, 0.05) is 0 Å². The van der Waals surface area contributed by atoms with Gasteiger partial charge < -0.3 is 0 Å². The van der Waals surface area contributed by atoms with Crippen LogP contribution in [0.25, 0.3) is 0 Å². The topological polar surface area (TPSA) is 0 Å². The average Bonchev–Trinajstić information content (AvgIpc) is 2.58. The average molecular weight is 258 g/mol. The summed E-state index contributed by atoms with van der Waals surface area (Å²) >= 11 is 17.7. The van der Waals surface area contributed by atoms with Crippen molar-refractivity contribution in [2.45, 2.75) is 38.1 Å². The van der Waals surface area contributed by atoms with Gasteiger partial charge in [0.15, 0.2) is 0 Å². The Labute approximate surface area is 95.1 Å². The van der Waals surface area contributed by atoms with Gasteiger partial charge in [-0.15, -0.1) is 33.2 Å². The molecule has 3 atom stereocenters. The van der Waals surface area contributed by atoms with E-state index in [1.165, 1.54) is 32.1 Å². The minimum absolute atomic E-state index is 0.867. The SMILES string of the molecule is Cl[Si](Cl)(Cl)CCC1CC2CCC1C2. The highest BCUT2D eigenvalue weighted by Gasteiger charge is 2.40. The molecule has 0 aromatic rings. The predicted octanol–water partition coefficient (Wildman–Crippen LogP) is 4.47. The largest absolute Gasteiger partial charge is 0.341 e. The van der Waals surface area contributed by atoms with Crippen LogP contribution in [-0.2, 0) is 0 Å². The van der Waals surface area contributed by atoms with Gasteiger partial charge in [0.25, 0.3) is 0 Å². The maximum Gasteiger partial charge on any atom is 0.341 e. The van der Waals surface area contributed by atoms with E-state index in [0.717, 1.165) is 23.8 Å². The molecule has 13 heavy (non-hydrogen) atoms. The summed E-state index contributed by atoms with van der Waals surface area (Å²) < 4.78 is 0. The highest BCUT2D eigenvalue weighted by atomic mass is 35.8. The van der Waals surface area contributed by atoms with Crippen LogP contribution in [0.3, 0.4) is 0 Å². The summed E-state index contributed by atoms with van der Waals surface area (Å²) in [7, 11) is 0. The Kier molecular flexibility index (Phi) is 3.20. The van der Waals surface area contributed by atoms with Crippen LogP contribution in [0.4, 0.5) is 0 Å². The predicted molar refractivity (Wildman–Crippen MR) is 61.7 cm³/mol. The number of hydrogen-bond donors (Lipinski definition) is 0. The van der Waals surface area contributed by atoms with E-state index in [4.69, 9.17) is 33.2 Å². The fraction of sp³-hybridized carbons (Fsp3) is 1.00. The Balaban J connectivity index is 1.78. The first-order valence-electron chi connectivity index (χ1n) is 5.11. The molecule has 0 amide bonds. The normalized spacial score (nSPS) is 38.5. The molecule has 2 aliphatic carbocycles. The quantitative estimate of drug-likeness (QED) is 0.517. The van der Waals surface area contributed by atoms with Crippen LogP contribution in [0, 0.1) is 17.8 Å². The van der Waals surface area contributed by atoms with Gasteiger partial charge in [-0.05, 0) is 49.5 Å². The highest BCUT2D eigenvalue weighted by Crippen LogP contribution is 2.50. The second kappa shape index (κ2) is 3.92. The van der Waals surface area contributed by atoms with Crippen molar-refractivity contribution >= 4 is 39.2 Å². The lowest BCUT2D eigenvalue weighted by atomic mass is 9.87. The van der Waals surface area contributed by atoms with E-state index in [9.17, 15) is 0 Å². The van der Waals surface area contributed by atoms with Crippen molar-refractivity contribution in [1.82, 2.24) is 0 Å². The molecular formula is C9H15Cl3Si. The van der Waals surface area contributed by atoms with Crippen molar-refractivity contribution in [3.05, 3.63) is 0 Å². The molecule has 2 bridgehead atoms. The zero-order valence-electron chi connectivity index (χ0n) is 7.61. The summed E-state index contributed by atoms with van der Waals surface area (Å²) in [5.74, 6) is 2.89. The Morgan fingerprint density at radius 2 is 1.85 bits per heavy atom. The molecule has 2 fully saturated rings. The molecule has 0 aliphatic heterocycles. The van der Waals surface area contributed by atoms with Crippen LogP contribution in [0.15, 0.2) is 0 Å². The molecule has 0 aromatic heterocycles. The number of rotatable bonds is 3. The van der Waals surface area contributed by atoms with Gasteiger partial charge in [0.05, 0.1) is 0 Å². The third-order valence-electron chi connectivity index (χ3n) is 3.68. The second-order valence-electron chi connectivity index (χ2n) is 4.59. The molecule has 0 N–H and O–H groups in total. The summed E-state index contributed by atoms with van der Waals surface area (Å²) in [5.41, 5.74) is 0. The summed E-state index contributed by atoms with van der Waals surface area (Å²) in [4.78, 5) is 0. The lowest BCUT2D eigenvalue weighted by molar-refractivity contribution is 0.324. The van der Waals surface area contributed by atoms with Gasteiger partial charge in [-0.25, -0.2) is 0 Å². The van der Waals surface area contributed by atoms with E-state index in [0.29, 0.717) is 0 Å². The minimum Gasteiger partial charge on any atom is -0.126 e. The van der Waals surface area contributed by atoms with E-state index in [1.807, 2.05) is 0 Å². The van der Waals surface area contributed by atoms with Crippen molar-refractivity contribution in [2.75, 3.05) is 0 Å². The molecule has 3 unspecified atom stereocenters. The fourth-order valence-corrected chi connectivity index (χ4v) is 4.76. The van der Waals surface area contributed by atoms with E-state index >= 15 is 0 Å². The molecule has 2 saturated carbocycles. The fourth-order valence-electron chi connectivity index (χ4n) is 3.08. The number of halogens is 3. The summed E-state index contributed by atoms with van der Waals surface area (Å²) in [5, 5.41) is 0. The molecule has 2 rings (SSSR count). The van der Waals surface area contributed by atoms with Crippen LogP contribution in [0.5, 0.6) is 0 Å². The molecule has 0 saturated heterocycles. The number of fused-ring (bicyclic) bond motifs is 2. The van der Waals surface area contributed by atoms with Crippen LogP contribution in [0.2, 0.25) is 6.04 Å². The van der Waals surface area contributed by atoms with Crippen molar-refractivity contribution in [2.24, 2.45) is 17.8 Å². The van der Waals surface area contributed by atoms with Gasteiger partial charge in [-0.3, -0.25) is 0 Å². The lowest BCUT2D eigenvalue weighted by Crippen LogP contribution is -2.15. The van der Waals surface area contributed by atoms with Gasteiger partial charge in [-0.1, -0.05) is 6.42 Å². The van der Waals surface area contributed by atoms with Crippen LogP contribution < -0.4 is 0 Å². The molecule has 2 aliphatic rings. The molecule has 76 valence electrons. The van der Waals surface area contributed by atoms with Gasteiger partial charge in [0.2, 0.25) is 0 Å². The Morgan fingerprint density at radius 1 is 1.08 bits per heavy atom. The molecule has 0 radical (unpaired) electrons. The Hall–Kier alpha value is 1.09. The molecule has 0 heterocycles. The standard InChI is InChI=1S/C9H15Cl3Si/c10-13(11,12)4-3-9-6-7-1-2-8(9)5-7/h7-9H,1-6H2. The first kappa shape index (κ1) is 10.6. The van der Waals surface area contributed by atoms with Gasteiger partial charge in [0.1, 0.15) is 0 Å². The van der Waals surface area contributed by atoms with E-state index in [1.54, 1.807) is 0 Å². The third-order valence-corrected chi connectivity index (χ3v) is 6.24. The number of hydrogen-bond acceptors (Lipinski definition) is 0. The Bertz CT molecular complexity index is 190. The van der Waals surface area contributed by atoms with Crippen molar-refractivity contribution < 1.29 is 0 Å². The first-order chi connectivity index (χ1) is 6.04. The maximum atomic E-state index is 5.88. The van der Waals surface area contributed by atoms with Crippen molar-refractivity contribution in [3.63, 3.8) is 0 Å². The molecule has 0 nitrogen and oxygen atoms in total. The van der Waals surface area contributed by atoms with E-state index in [-0.39, 0.29) is 0 Å². The van der Waals surface area contributed by atoms with Gasteiger partial charge >= 0.3 is 6.00 Å². The summed E-state index contributed by atoms with van der Waals surface area (Å²) in [6.45, 7) is 0. The summed E-state index contributed by atoms with van der Waals surface area (Å²) in [6, 6.07) is -1.47. The van der Waals surface area contributed by atoms with Crippen LogP contribution in [-0.4, -0.2) is 6.00 Å². The van der Waals surface area contributed by atoms with Crippen molar-refractivity contribution in [1.29, 1.82) is 0 Å². The second-order valence-corrected chi connectivity index (χ2v) is 13.9. The molecule has 0 aromatic carbocycles. The summed E-state index contributed by atoms with van der Waals surface area (Å²) in [6.07, 6.45) is 6.96. The zero-order valence-corrected chi connectivity index (χ0v) is 10.9. The monoisotopic (exact) mass is 256 g/mol. The smallest absolute Gasteiger partial charge is 0.126 e. The first-order valence-corrected chi connectivity index (χ1v) is 10.4. The van der Waals surface area contributed by atoms with Crippen LogP contribution >= 0.6 is 33.2 Å². The van der Waals surface area contributed by atoms with E-state index < -0.39 is 6.00 Å². The third kappa shape index (κ3) is 2.77. The minimum atomic E-state index is -2.34. The molecule has 0 spiro atoms. The zero-order chi connectivity index (χ0) is 9.47. The van der Waals surface area contributed by atoms with Crippen LogP contribution in [0.1, 0.15) is 32.1 Å². The molecule has 4 heteroatoms. The van der Waals surface area contributed by atoms with E-state index in [2.05, 4.69) is 0 Å². The molecular weight excluding hydrogens is 243 g/mol.